The van der Waals surface area contributed by atoms with E-state index in [0.29, 0.717) is 12.5 Å². The zero-order chi connectivity index (χ0) is 13.8. The van der Waals surface area contributed by atoms with Gasteiger partial charge in [-0.25, -0.2) is 8.78 Å². The lowest BCUT2D eigenvalue weighted by Gasteiger charge is -2.07. The van der Waals surface area contributed by atoms with Gasteiger partial charge in [0.25, 0.3) is 6.43 Å². The highest BCUT2D eigenvalue weighted by Crippen LogP contribution is 2.41. The molecule has 1 heterocycles. The second kappa shape index (κ2) is 6.12. The molecule has 0 atom stereocenters. The van der Waals surface area contributed by atoms with Crippen LogP contribution < -0.4 is 5.32 Å². The van der Waals surface area contributed by atoms with Crippen molar-refractivity contribution in [1.82, 2.24) is 15.1 Å². The minimum Gasteiger partial charge on any atom is -0.354 e. The van der Waals surface area contributed by atoms with Crippen LogP contribution in [0.3, 0.4) is 0 Å². The SMILES string of the molecule is CCCCNC(=O)Cn1nc(C(F)F)cc1C1CC1. The van der Waals surface area contributed by atoms with Gasteiger partial charge in [-0.15, -0.1) is 0 Å². The van der Waals surface area contributed by atoms with Crippen molar-refractivity contribution >= 4 is 5.91 Å². The molecule has 1 amide bonds. The predicted octanol–water partition coefficient (Wildman–Crippen LogP) is 2.61. The molecular weight excluding hydrogens is 252 g/mol. The second-order valence-electron chi connectivity index (χ2n) is 4.93. The Morgan fingerprint density at radius 1 is 1.58 bits per heavy atom. The van der Waals surface area contributed by atoms with Crippen molar-refractivity contribution in [1.29, 1.82) is 0 Å². The van der Waals surface area contributed by atoms with Crippen molar-refractivity contribution in [2.45, 2.75) is 51.5 Å². The minimum atomic E-state index is -2.58. The van der Waals surface area contributed by atoms with E-state index < -0.39 is 6.43 Å². The summed E-state index contributed by atoms with van der Waals surface area (Å²) in [7, 11) is 0. The number of alkyl halides is 2. The van der Waals surface area contributed by atoms with Crippen LogP contribution in [-0.4, -0.2) is 22.2 Å². The Labute approximate surface area is 111 Å². The molecule has 0 spiro atoms. The molecule has 0 aromatic carbocycles. The molecule has 1 aliphatic rings. The molecule has 1 saturated carbocycles. The minimum absolute atomic E-state index is 0.0300. The highest BCUT2D eigenvalue weighted by atomic mass is 19.3. The predicted molar refractivity (Wildman–Crippen MR) is 67.1 cm³/mol. The topological polar surface area (TPSA) is 46.9 Å². The first kappa shape index (κ1) is 14.0. The Bertz CT molecular complexity index is 441. The van der Waals surface area contributed by atoms with Gasteiger partial charge in [-0.05, 0) is 25.3 Å². The van der Waals surface area contributed by atoms with Crippen LogP contribution in [0.2, 0.25) is 0 Å². The van der Waals surface area contributed by atoms with Crippen LogP contribution in [0.25, 0.3) is 0 Å². The summed E-state index contributed by atoms with van der Waals surface area (Å²) in [5.41, 5.74) is 0.532. The first-order valence-electron chi connectivity index (χ1n) is 6.74. The Kier molecular flexibility index (Phi) is 4.50. The van der Waals surface area contributed by atoms with E-state index >= 15 is 0 Å². The number of carbonyl (C=O) groups is 1. The fourth-order valence-corrected chi connectivity index (χ4v) is 1.99. The van der Waals surface area contributed by atoms with Crippen molar-refractivity contribution in [3.63, 3.8) is 0 Å². The molecule has 1 N–H and O–H groups in total. The number of nitrogens with one attached hydrogen (secondary N) is 1. The quantitative estimate of drug-likeness (QED) is 0.775. The fraction of sp³-hybridized carbons (Fsp3) is 0.692. The smallest absolute Gasteiger partial charge is 0.282 e. The van der Waals surface area contributed by atoms with Crippen LogP contribution >= 0.6 is 0 Å². The molecule has 1 fully saturated rings. The molecule has 19 heavy (non-hydrogen) atoms. The summed E-state index contributed by atoms with van der Waals surface area (Å²) < 4.78 is 26.7. The molecule has 6 heteroatoms. The highest BCUT2D eigenvalue weighted by molar-refractivity contribution is 5.75. The summed E-state index contributed by atoms with van der Waals surface area (Å²) in [4.78, 5) is 11.7. The average Bonchev–Trinajstić information content (AvgIpc) is 3.11. The Morgan fingerprint density at radius 2 is 2.32 bits per heavy atom. The van der Waals surface area contributed by atoms with Gasteiger partial charge in [0.1, 0.15) is 12.2 Å². The maximum absolute atomic E-state index is 12.7. The number of amides is 1. The average molecular weight is 271 g/mol. The van der Waals surface area contributed by atoms with Gasteiger partial charge in [0.15, 0.2) is 0 Å². The zero-order valence-corrected chi connectivity index (χ0v) is 11.0. The van der Waals surface area contributed by atoms with E-state index in [2.05, 4.69) is 10.4 Å². The van der Waals surface area contributed by atoms with Crippen molar-refractivity contribution in [2.75, 3.05) is 6.54 Å². The lowest BCUT2D eigenvalue weighted by atomic mass is 10.2. The van der Waals surface area contributed by atoms with Gasteiger partial charge < -0.3 is 5.32 Å². The molecule has 0 unspecified atom stereocenters. The molecule has 1 aromatic heterocycles. The third-order valence-corrected chi connectivity index (χ3v) is 3.20. The maximum atomic E-state index is 12.7. The van der Waals surface area contributed by atoms with Crippen LogP contribution in [0.15, 0.2) is 6.07 Å². The van der Waals surface area contributed by atoms with Gasteiger partial charge >= 0.3 is 0 Å². The maximum Gasteiger partial charge on any atom is 0.282 e. The van der Waals surface area contributed by atoms with Gasteiger partial charge in [-0.2, -0.15) is 5.10 Å². The lowest BCUT2D eigenvalue weighted by molar-refractivity contribution is -0.121. The standard InChI is InChI=1S/C13H19F2N3O/c1-2-3-6-16-12(19)8-18-11(9-4-5-9)7-10(17-18)13(14)15/h7,9,13H,2-6,8H2,1H3,(H,16,19). The summed E-state index contributed by atoms with van der Waals surface area (Å²) in [6.07, 6.45) is 1.33. The van der Waals surface area contributed by atoms with Crippen molar-refractivity contribution in [3.05, 3.63) is 17.5 Å². The van der Waals surface area contributed by atoms with Gasteiger partial charge in [-0.3, -0.25) is 9.48 Å². The number of nitrogens with zero attached hydrogens (tertiary/aromatic N) is 2. The monoisotopic (exact) mass is 271 g/mol. The van der Waals surface area contributed by atoms with E-state index in [4.69, 9.17) is 0 Å². The number of hydrogen-bond acceptors (Lipinski definition) is 2. The number of carbonyl (C=O) groups excluding carboxylic acids is 1. The van der Waals surface area contributed by atoms with Gasteiger partial charge in [-0.1, -0.05) is 13.3 Å². The molecule has 1 aromatic rings. The van der Waals surface area contributed by atoms with E-state index in [1.807, 2.05) is 6.92 Å². The zero-order valence-electron chi connectivity index (χ0n) is 11.0. The van der Waals surface area contributed by atoms with E-state index in [1.54, 1.807) is 0 Å². The van der Waals surface area contributed by atoms with E-state index in [0.717, 1.165) is 31.4 Å². The third-order valence-electron chi connectivity index (χ3n) is 3.20. The number of aromatic nitrogens is 2. The fourth-order valence-electron chi connectivity index (χ4n) is 1.99. The van der Waals surface area contributed by atoms with Gasteiger partial charge in [0.2, 0.25) is 5.91 Å². The molecule has 0 saturated heterocycles. The molecule has 1 aliphatic carbocycles. The van der Waals surface area contributed by atoms with E-state index in [-0.39, 0.29) is 18.1 Å². The lowest BCUT2D eigenvalue weighted by Crippen LogP contribution is -2.29. The Hall–Kier alpha value is -1.46. The first-order valence-corrected chi connectivity index (χ1v) is 6.74. The summed E-state index contributed by atoms with van der Waals surface area (Å²) in [6, 6.07) is 1.43. The molecule has 0 bridgehead atoms. The van der Waals surface area contributed by atoms with Crippen molar-refractivity contribution in [3.8, 4) is 0 Å². The van der Waals surface area contributed by atoms with Crippen LogP contribution in [0.5, 0.6) is 0 Å². The normalized spacial score (nSPS) is 14.9. The van der Waals surface area contributed by atoms with E-state index in [9.17, 15) is 13.6 Å². The van der Waals surface area contributed by atoms with Crippen molar-refractivity contribution in [2.24, 2.45) is 0 Å². The second-order valence-corrected chi connectivity index (χ2v) is 4.93. The molecule has 106 valence electrons. The molecule has 2 rings (SSSR count). The third kappa shape index (κ3) is 3.75. The van der Waals surface area contributed by atoms with Crippen LogP contribution in [0.4, 0.5) is 8.78 Å². The summed E-state index contributed by atoms with van der Waals surface area (Å²) in [5, 5.41) is 6.61. The molecule has 0 radical (unpaired) electrons. The Morgan fingerprint density at radius 3 is 2.89 bits per heavy atom. The van der Waals surface area contributed by atoms with E-state index in [1.165, 1.54) is 10.7 Å². The molecule has 4 nitrogen and oxygen atoms in total. The molecule has 0 aliphatic heterocycles. The first-order chi connectivity index (χ1) is 9.11. The van der Waals surface area contributed by atoms with Gasteiger partial charge in [0.05, 0.1) is 0 Å². The van der Waals surface area contributed by atoms with Crippen molar-refractivity contribution < 1.29 is 13.6 Å². The molecular formula is C13H19F2N3O. The number of hydrogen-bond donors (Lipinski definition) is 1. The highest BCUT2D eigenvalue weighted by Gasteiger charge is 2.30. The summed E-state index contributed by atoms with van der Waals surface area (Å²) in [5.74, 6) is 0.128. The van der Waals surface area contributed by atoms with Crippen LogP contribution in [0, 0.1) is 0 Å². The Balaban J connectivity index is 2.00. The number of halogens is 2. The van der Waals surface area contributed by atoms with Gasteiger partial charge in [0, 0.05) is 18.2 Å². The summed E-state index contributed by atoms with van der Waals surface area (Å²) >= 11 is 0. The number of rotatable bonds is 7. The van der Waals surface area contributed by atoms with Crippen LogP contribution in [-0.2, 0) is 11.3 Å². The number of unbranched alkanes of at least 4 members (excludes halogenated alkanes) is 1. The largest absolute Gasteiger partial charge is 0.354 e. The summed E-state index contributed by atoms with van der Waals surface area (Å²) in [6.45, 7) is 2.69. The van der Waals surface area contributed by atoms with Crippen LogP contribution in [0.1, 0.15) is 56.3 Å².